The van der Waals surface area contributed by atoms with E-state index < -0.39 is 11.6 Å². The fourth-order valence-corrected chi connectivity index (χ4v) is 4.18. The molecular weight excluding hydrogens is 362 g/mol. The molecule has 6 heteroatoms. The molecule has 0 radical (unpaired) electrons. The van der Waals surface area contributed by atoms with Crippen molar-refractivity contribution in [1.29, 1.82) is 0 Å². The summed E-state index contributed by atoms with van der Waals surface area (Å²) in [5, 5.41) is 3.09. The van der Waals surface area contributed by atoms with Gasteiger partial charge in [0.2, 0.25) is 5.91 Å². The lowest BCUT2D eigenvalue weighted by atomic mass is 10.0. The van der Waals surface area contributed by atoms with Crippen molar-refractivity contribution < 1.29 is 18.3 Å². The van der Waals surface area contributed by atoms with Gasteiger partial charge < -0.3 is 15.0 Å². The van der Waals surface area contributed by atoms with Gasteiger partial charge in [0.25, 0.3) is 0 Å². The average Bonchev–Trinajstić information content (AvgIpc) is 3.48. The molecule has 1 aliphatic heterocycles. The maximum atomic E-state index is 14.0. The fraction of sp³-hybridized carbons (Fsp3) is 0.409. The van der Waals surface area contributed by atoms with Crippen molar-refractivity contribution in [3.05, 3.63) is 59.7 Å². The van der Waals surface area contributed by atoms with E-state index in [4.69, 9.17) is 4.74 Å². The van der Waals surface area contributed by atoms with Gasteiger partial charge in [-0.2, -0.15) is 0 Å². The van der Waals surface area contributed by atoms with Gasteiger partial charge in [-0.25, -0.2) is 8.78 Å². The molecule has 2 aromatic rings. The summed E-state index contributed by atoms with van der Waals surface area (Å²) in [6.45, 7) is 1.59. The highest BCUT2D eigenvalue weighted by atomic mass is 19.1. The van der Waals surface area contributed by atoms with Crippen LogP contribution in [0.3, 0.4) is 0 Å². The van der Waals surface area contributed by atoms with E-state index in [1.54, 1.807) is 7.11 Å². The summed E-state index contributed by atoms with van der Waals surface area (Å²) in [5.74, 6) is -1.16. The standard InChI is InChI=1S/C22H24F2N2O2/c1-28-20-10-3-2-9-19(20)26-11-5-6-14(13-26)25-22(27)16-12-15(16)21-17(23)7-4-8-18(21)24/h2-4,7-10,14-16H,5-6,11-13H2,1H3,(H,25,27). The molecule has 1 aliphatic carbocycles. The molecule has 0 bridgehead atoms. The minimum Gasteiger partial charge on any atom is -0.495 e. The number of methoxy groups -OCH3 is 1. The zero-order valence-electron chi connectivity index (χ0n) is 15.8. The SMILES string of the molecule is COc1ccccc1N1CCCC(NC(=O)C2CC2c2c(F)cccc2F)C1. The Kier molecular flexibility index (Phi) is 5.20. The van der Waals surface area contributed by atoms with Crippen LogP contribution in [0.5, 0.6) is 5.75 Å². The Morgan fingerprint density at radius 2 is 1.89 bits per heavy atom. The molecule has 1 heterocycles. The van der Waals surface area contributed by atoms with Crippen LogP contribution >= 0.6 is 0 Å². The van der Waals surface area contributed by atoms with Crippen LogP contribution < -0.4 is 15.0 Å². The number of ether oxygens (including phenoxy) is 1. The van der Waals surface area contributed by atoms with Crippen molar-refractivity contribution in [2.75, 3.05) is 25.1 Å². The predicted molar refractivity (Wildman–Crippen MR) is 104 cm³/mol. The van der Waals surface area contributed by atoms with Gasteiger partial charge in [0.15, 0.2) is 0 Å². The highest BCUT2D eigenvalue weighted by Gasteiger charge is 2.47. The van der Waals surface area contributed by atoms with Crippen molar-refractivity contribution in [2.45, 2.75) is 31.2 Å². The number of hydrogen-bond acceptors (Lipinski definition) is 3. The first kappa shape index (κ1) is 18.7. The lowest BCUT2D eigenvalue weighted by Gasteiger charge is -2.35. The van der Waals surface area contributed by atoms with Crippen molar-refractivity contribution in [1.82, 2.24) is 5.32 Å². The Morgan fingerprint density at radius 1 is 1.14 bits per heavy atom. The second-order valence-electron chi connectivity index (χ2n) is 7.55. The second-order valence-corrected chi connectivity index (χ2v) is 7.55. The van der Waals surface area contributed by atoms with Gasteiger partial charge in [0.1, 0.15) is 17.4 Å². The first-order chi connectivity index (χ1) is 13.6. The number of piperidine rings is 1. The van der Waals surface area contributed by atoms with Gasteiger partial charge >= 0.3 is 0 Å². The van der Waals surface area contributed by atoms with E-state index in [1.165, 1.54) is 18.2 Å². The molecule has 1 saturated carbocycles. The lowest BCUT2D eigenvalue weighted by molar-refractivity contribution is -0.123. The largest absolute Gasteiger partial charge is 0.495 e. The molecule has 148 valence electrons. The van der Waals surface area contributed by atoms with Gasteiger partial charge in [0, 0.05) is 36.5 Å². The number of anilines is 1. The lowest BCUT2D eigenvalue weighted by Crippen LogP contribution is -2.48. The summed E-state index contributed by atoms with van der Waals surface area (Å²) in [5.41, 5.74) is 1.06. The third-order valence-electron chi connectivity index (χ3n) is 5.69. The minimum absolute atomic E-state index is 0.0119. The van der Waals surface area contributed by atoms with Crippen LogP contribution in [-0.2, 0) is 4.79 Å². The van der Waals surface area contributed by atoms with Gasteiger partial charge in [-0.05, 0) is 43.5 Å². The van der Waals surface area contributed by atoms with Crippen molar-refractivity contribution in [3.63, 3.8) is 0 Å². The predicted octanol–water partition coefficient (Wildman–Crippen LogP) is 3.86. The Hall–Kier alpha value is -2.63. The van der Waals surface area contributed by atoms with Crippen molar-refractivity contribution >= 4 is 11.6 Å². The Balaban J connectivity index is 1.39. The van der Waals surface area contributed by atoms with Crippen LogP contribution in [0.25, 0.3) is 0 Å². The van der Waals surface area contributed by atoms with Crippen LogP contribution in [0.2, 0.25) is 0 Å². The van der Waals surface area contributed by atoms with Crippen LogP contribution in [0, 0.1) is 17.6 Å². The number of nitrogens with one attached hydrogen (secondary N) is 1. The summed E-state index contributed by atoms with van der Waals surface area (Å²) in [6.07, 6.45) is 2.34. The molecule has 4 rings (SSSR count). The third kappa shape index (κ3) is 3.68. The van der Waals surface area contributed by atoms with E-state index in [0.717, 1.165) is 30.8 Å². The molecule has 3 unspecified atom stereocenters. The molecule has 3 atom stereocenters. The second kappa shape index (κ2) is 7.78. The molecule has 4 nitrogen and oxygen atoms in total. The van der Waals surface area contributed by atoms with E-state index in [1.807, 2.05) is 24.3 Å². The van der Waals surface area contributed by atoms with Gasteiger partial charge in [-0.15, -0.1) is 0 Å². The van der Waals surface area contributed by atoms with Gasteiger partial charge in [-0.1, -0.05) is 18.2 Å². The molecule has 2 fully saturated rings. The number of carbonyl (C=O) groups excluding carboxylic acids is 1. The van der Waals surface area contributed by atoms with Gasteiger partial charge in [0.05, 0.1) is 12.8 Å². The first-order valence-electron chi connectivity index (χ1n) is 9.70. The number of amides is 1. The molecule has 1 saturated heterocycles. The smallest absolute Gasteiger partial charge is 0.224 e. The van der Waals surface area contributed by atoms with Crippen LogP contribution in [-0.4, -0.2) is 32.1 Å². The summed E-state index contributed by atoms with van der Waals surface area (Å²) in [7, 11) is 1.65. The van der Waals surface area contributed by atoms with E-state index in [-0.39, 0.29) is 29.3 Å². The first-order valence-corrected chi connectivity index (χ1v) is 9.70. The maximum Gasteiger partial charge on any atom is 0.224 e. The number of nitrogens with zero attached hydrogens (tertiary/aromatic N) is 1. The third-order valence-corrected chi connectivity index (χ3v) is 5.69. The number of halogens is 2. The van der Waals surface area contributed by atoms with Crippen LogP contribution in [0.4, 0.5) is 14.5 Å². The Bertz CT molecular complexity index is 853. The number of benzene rings is 2. The molecule has 2 aromatic carbocycles. The zero-order valence-corrected chi connectivity index (χ0v) is 15.8. The molecule has 2 aliphatic rings. The van der Waals surface area contributed by atoms with E-state index >= 15 is 0 Å². The molecule has 0 aromatic heterocycles. The van der Waals surface area contributed by atoms with Crippen molar-refractivity contribution in [3.8, 4) is 5.75 Å². The molecule has 0 spiro atoms. The molecule has 1 N–H and O–H groups in total. The number of rotatable bonds is 5. The van der Waals surface area contributed by atoms with E-state index in [9.17, 15) is 13.6 Å². The number of hydrogen-bond donors (Lipinski definition) is 1. The highest BCUT2D eigenvalue weighted by molar-refractivity contribution is 5.83. The van der Waals surface area contributed by atoms with Crippen LogP contribution in [0.15, 0.2) is 42.5 Å². The minimum atomic E-state index is -0.569. The van der Waals surface area contributed by atoms with E-state index in [2.05, 4.69) is 10.2 Å². The highest BCUT2D eigenvalue weighted by Crippen LogP contribution is 2.49. The summed E-state index contributed by atoms with van der Waals surface area (Å²) >= 11 is 0. The summed E-state index contributed by atoms with van der Waals surface area (Å²) in [4.78, 5) is 14.9. The monoisotopic (exact) mass is 386 g/mol. The number of carbonyl (C=O) groups is 1. The Morgan fingerprint density at radius 3 is 2.64 bits per heavy atom. The Labute approximate surface area is 163 Å². The van der Waals surface area contributed by atoms with Gasteiger partial charge in [-0.3, -0.25) is 4.79 Å². The molecule has 28 heavy (non-hydrogen) atoms. The maximum absolute atomic E-state index is 14.0. The van der Waals surface area contributed by atoms with Crippen molar-refractivity contribution in [2.24, 2.45) is 5.92 Å². The normalized spacial score (nSPS) is 24.0. The van der Waals surface area contributed by atoms with Crippen LogP contribution in [0.1, 0.15) is 30.7 Å². The molecular formula is C22H24F2N2O2. The zero-order chi connectivity index (χ0) is 19.7. The topological polar surface area (TPSA) is 41.6 Å². The molecule has 1 amide bonds. The summed E-state index contributed by atoms with van der Waals surface area (Å²) < 4.78 is 33.4. The fourth-order valence-electron chi connectivity index (χ4n) is 4.18. The quantitative estimate of drug-likeness (QED) is 0.848. The summed E-state index contributed by atoms with van der Waals surface area (Å²) in [6, 6.07) is 11.7. The average molecular weight is 386 g/mol. The number of para-hydroxylation sites is 2. The van der Waals surface area contributed by atoms with E-state index in [0.29, 0.717) is 13.0 Å².